The summed E-state index contributed by atoms with van der Waals surface area (Å²) >= 11 is 0. The van der Waals surface area contributed by atoms with Crippen molar-refractivity contribution in [2.24, 2.45) is 5.92 Å². The molecule has 5 aromatic rings. The van der Waals surface area contributed by atoms with Gasteiger partial charge in [0.1, 0.15) is 0 Å². The van der Waals surface area contributed by atoms with Gasteiger partial charge in [-0.2, -0.15) is 0 Å². The normalized spacial score (nSPS) is 20.7. The molecule has 4 aliphatic rings. The van der Waals surface area contributed by atoms with Crippen LogP contribution in [0.1, 0.15) is 49.0 Å². The molecule has 0 bridgehead atoms. The summed E-state index contributed by atoms with van der Waals surface area (Å²) in [4.78, 5) is 7.73. The molecule has 2 unspecified atom stereocenters. The van der Waals surface area contributed by atoms with E-state index in [0.29, 0.717) is 5.92 Å². The van der Waals surface area contributed by atoms with E-state index in [1.807, 2.05) is 0 Å². The van der Waals surface area contributed by atoms with Gasteiger partial charge in [0.25, 0.3) is 0 Å². The number of aromatic nitrogens is 3. The van der Waals surface area contributed by atoms with Crippen LogP contribution in [-0.2, 0) is 6.42 Å². The Labute approximate surface area is 245 Å². The fraction of sp³-hybridized carbons (Fsp3) is 0.184. The summed E-state index contributed by atoms with van der Waals surface area (Å²) in [6.07, 6.45) is 29.4. The molecule has 1 aliphatic heterocycles. The average Bonchev–Trinajstić information content (AvgIpc) is 3.57. The Kier molecular flexibility index (Phi) is 5.16. The van der Waals surface area contributed by atoms with Gasteiger partial charge in [-0.3, -0.25) is 4.57 Å². The smallest absolute Gasteiger partial charge is 0.216 e. The lowest BCUT2D eigenvalue weighted by molar-refractivity contribution is 0.489. The highest BCUT2D eigenvalue weighted by molar-refractivity contribution is 6.15. The Balaban J connectivity index is 1.37. The second-order valence-corrected chi connectivity index (χ2v) is 11.9. The van der Waals surface area contributed by atoms with E-state index >= 15 is 0 Å². The first kappa shape index (κ1) is 23.8. The van der Waals surface area contributed by atoms with Crippen LogP contribution in [0.3, 0.4) is 0 Å². The highest BCUT2D eigenvalue weighted by Gasteiger charge is 2.30. The van der Waals surface area contributed by atoms with Gasteiger partial charge in [-0.15, -0.1) is 0 Å². The molecule has 3 heterocycles. The van der Waals surface area contributed by atoms with Crippen molar-refractivity contribution in [3.8, 4) is 5.95 Å². The number of anilines is 1. The van der Waals surface area contributed by atoms with Gasteiger partial charge < -0.3 is 9.47 Å². The Bertz CT molecular complexity index is 2120. The Hall–Kier alpha value is -4.83. The molecule has 0 N–H and O–H groups in total. The minimum Gasteiger partial charge on any atom is -0.317 e. The SMILES string of the molecule is CC1C=CC=CC1n1c(-n2c3c(c4c5c6c(cccc6cc42)N(C2=CCCC=C2)C=C5)C=CCC3)nc2ccccc21. The fourth-order valence-corrected chi connectivity index (χ4v) is 7.51. The maximum absolute atomic E-state index is 5.37. The molecule has 0 saturated carbocycles. The first-order valence-electron chi connectivity index (χ1n) is 15.2. The van der Waals surface area contributed by atoms with Crippen molar-refractivity contribution >= 4 is 50.5 Å². The molecule has 2 aromatic heterocycles. The van der Waals surface area contributed by atoms with Crippen LogP contribution < -0.4 is 4.90 Å². The number of allylic oxidation sites excluding steroid dienone is 8. The quantitative estimate of drug-likeness (QED) is 0.226. The molecule has 3 aromatic carbocycles. The third kappa shape index (κ3) is 3.32. The molecule has 4 heteroatoms. The standard InChI is InChI=1S/C38H32N4/c1-25-12-5-8-18-31(25)41-33-20-10-7-17-30(33)39-38(41)42-32-19-9-6-16-28(32)37-29-22-23-40(27-14-3-2-4-15-27)34-21-11-13-26(36(29)34)24-35(37)42/h3,5-8,10-18,20-25,31H,2,4,9,19H2,1H3. The molecular formula is C38H32N4. The van der Waals surface area contributed by atoms with Crippen molar-refractivity contribution in [3.63, 3.8) is 0 Å². The van der Waals surface area contributed by atoms with Crippen LogP contribution in [0, 0.1) is 5.92 Å². The van der Waals surface area contributed by atoms with Crippen molar-refractivity contribution in [2.45, 2.75) is 38.6 Å². The van der Waals surface area contributed by atoms with Crippen LogP contribution >= 0.6 is 0 Å². The van der Waals surface area contributed by atoms with Crippen molar-refractivity contribution in [1.29, 1.82) is 0 Å². The molecule has 0 saturated heterocycles. The summed E-state index contributed by atoms with van der Waals surface area (Å²) in [6, 6.07) is 18.0. The maximum Gasteiger partial charge on any atom is 0.216 e. The molecule has 0 amide bonds. The molecule has 2 atom stereocenters. The third-order valence-corrected chi connectivity index (χ3v) is 9.44. The molecule has 204 valence electrons. The Morgan fingerprint density at radius 3 is 2.62 bits per heavy atom. The van der Waals surface area contributed by atoms with E-state index in [4.69, 9.17) is 4.98 Å². The summed E-state index contributed by atoms with van der Waals surface area (Å²) in [7, 11) is 0. The van der Waals surface area contributed by atoms with Crippen LogP contribution in [-0.4, -0.2) is 14.1 Å². The van der Waals surface area contributed by atoms with E-state index < -0.39 is 0 Å². The average molecular weight is 545 g/mol. The molecule has 9 rings (SSSR count). The number of rotatable bonds is 3. The summed E-state index contributed by atoms with van der Waals surface area (Å²) in [5.41, 5.74) is 9.98. The number of imidazole rings is 1. The lowest BCUT2D eigenvalue weighted by Crippen LogP contribution is -2.19. The second kappa shape index (κ2) is 9.09. The van der Waals surface area contributed by atoms with E-state index in [1.54, 1.807) is 0 Å². The van der Waals surface area contributed by atoms with Gasteiger partial charge in [0, 0.05) is 33.9 Å². The Morgan fingerprint density at radius 2 is 1.71 bits per heavy atom. The molecular weight excluding hydrogens is 512 g/mol. The number of benzene rings is 3. The van der Waals surface area contributed by atoms with Gasteiger partial charge in [-0.05, 0) is 79.0 Å². The van der Waals surface area contributed by atoms with Crippen LogP contribution in [0.4, 0.5) is 5.69 Å². The minimum atomic E-state index is 0.195. The molecule has 42 heavy (non-hydrogen) atoms. The van der Waals surface area contributed by atoms with Gasteiger partial charge in [-0.1, -0.05) is 79.8 Å². The molecule has 3 aliphatic carbocycles. The van der Waals surface area contributed by atoms with Crippen molar-refractivity contribution in [2.75, 3.05) is 4.90 Å². The first-order chi connectivity index (χ1) is 20.8. The highest BCUT2D eigenvalue weighted by atomic mass is 15.3. The third-order valence-electron chi connectivity index (χ3n) is 9.44. The van der Waals surface area contributed by atoms with Crippen LogP contribution in [0.2, 0.25) is 0 Å². The monoisotopic (exact) mass is 544 g/mol. The van der Waals surface area contributed by atoms with E-state index in [0.717, 1.165) is 37.1 Å². The molecule has 0 fully saturated rings. The van der Waals surface area contributed by atoms with E-state index in [9.17, 15) is 0 Å². The zero-order valence-electron chi connectivity index (χ0n) is 23.7. The first-order valence-corrected chi connectivity index (χ1v) is 15.2. The number of nitrogens with zero attached hydrogens (tertiary/aromatic N) is 4. The number of hydrogen-bond donors (Lipinski definition) is 0. The second-order valence-electron chi connectivity index (χ2n) is 11.9. The zero-order valence-corrected chi connectivity index (χ0v) is 23.7. The Morgan fingerprint density at radius 1 is 0.810 bits per heavy atom. The molecule has 4 nitrogen and oxygen atoms in total. The van der Waals surface area contributed by atoms with E-state index in [2.05, 4.69) is 136 Å². The van der Waals surface area contributed by atoms with Gasteiger partial charge in [0.05, 0.1) is 28.3 Å². The van der Waals surface area contributed by atoms with Gasteiger partial charge in [0.15, 0.2) is 0 Å². The fourth-order valence-electron chi connectivity index (χ4n) is 7.51. The highest BCUT2D eigenvalue weighted by Crippen LogP contribution is 2.46. The van der Waals surface area contributed by atoms with Gasteiger partial charge in [0.2, 0.25) is 5.95 Å². The molecule has 0 spiro atoms. The maximum atomic E-state index is 5.37. The lowest BCUT2D eigenvalue weighted by atomic mass is 9.92. The predicted octanol–water partition coefficient (Wildman–Crippen LogP) is 9.42. The summed E-state index contributed by atoms with van der Waals surface area (Å²) in [6.45, 7) is 2.31. The summed E-state index contributed by atoms with van der Waals surface area (Å²) < 4.78 is 4.96. The van der Waals surface area contributed by atoms with Gasteiger partial charge in [-0.25, -0.2) is 4.98 Å². The number of para-hydroxylation sites is 2. The summed E-state index contributed by atoms with van der Waals surface area (Å²) in [5.74, 6) is 1.38. The minimum absolute atomic E-state index is 0.195. The van der Waals surface area contributed by atoms with Crippen molar-refractivity contribution in [1.82, 2.24) is 14.1 Å². The van der Waals surface area contributed by atoms with E-state index in [-0.39, 0.29) is 6.04 Å². The van der Waals surface area contributed by atoms with Gasteiger partial charge >= 0.3 is 0 Å². The number of fused-ring (bicyclic) bond motifs is 5. The van der Waals surface area contributed by atoms with Crippen LogP contribution in [0.5, 0.6) is 0 Å². The van der Waals surface area contributed by atoms with Crippen molar-refractivity contribution < 1.29 is 0 Å². The lowest BCUT2D eigenvalue weighted by Gasteiger charge is -2.29. The van der Waals surface area contributed by atoms with E-state index in [1.165, 1.54) is 55.4 Å². The largest absolute Gasteiger partial charge is 0.317 e. The molecule has 0 radical (unpaired) electrons. The summed E-state index contributed by atoms with van der Waals surface area (Å²) in [5, 5.41) is 3.92. The predicted molar refractivity (Wildman–Crippen MR) is 176 cm³/mol. The van der Waals surface area contributed by atoms with Crippen LogP contribution in [0.25, 0.3) is 50.8 Å². The number of hydrogen-bond acceptors (Lipinski definition) is 2. The topological polar surface area (TPSA) is 26.0 Å². The van der Waals surface area contributed by atoms with Crippen molar-refractivity contribution in [3.05, 3.63) is 126 Å². The van der Waals surface area contributed by atoms with Crippen LogP contribution in [0.15, 0.2) is 109 Å². The zero-order chi connectivity index (χ0) is 27.8.